The van der Waals surface area contributed by atoms with Gasteiger partial charge in [0.2, 0.25) is 17.7 Å². The summed E-state index contributed by atoms with van der Waals surface area (Å²) in [6, 6.07) is 12.4. The van der Waals surface area contributed by atoms with Gasteiger partial charge in [-0.25, -0.2) is 0 Å². The molecular weight excluding hydrogens is 370 g/mol. The first-order chi connectivity index (χ1) is 13.1. The molecule has 140 valence electrons. The highest BCUT2D eigenvalue weighted by molar-refractivity contribution is 6.33. The molecule has 0 aliphatic heterocycles. The molecule has 1 amide bonds. The number of hydrogen-bond acceptors (Lipinski definition) is 6. The maximum absolute atomic E-state index is 12.3. The molecule has 7 nitrogen and oxygen atoms in total. The van der Waals surface area contributed by atoms with Crippen LogP contribution in [0.2, 0.25) is 5.02 Å². The molecular formula is C19H18ClN3O4. The molecule has 1 heterocycles. The lowest BCUT2D eigenvalue weighted by molar-refractivity contribution is -0.116. The average Bonchev–Trinajstić information content (AvgIpc) is 3.15. The third-order valence-electron chi connectivity index (χ3n) is 3.82. The second-order valence-electron chi connectivity index (χ2n) is 5.60. The van der Waals surface area contributed by atoms with Crippen molar-refractivity contribution >= 4 is 23.2 Å². The van der Waals surface area contributed by atoms with Gasteiger partial charge in [0.25, 0.3) is 0 Å². The van der Waals surface area contributed by atoms with Crippen molar-refractivity contribution in [3.8, 4) is 23.0 Å². The predicted octanol–water partition coefficient (Wildman–Crippen LogP) is 3.98. The number of aromatic nitrogens is 2. The third kappa shape index (κ3) is 4.57. The Kier molecular flexibility index (Phi) is 5.93. The molecule has 1 aromatic heterocycles. The van der Waals surface area contributed by atoms with Crippen molar-refractivity contribution < 1.29 is 18.7 Å². The van der Waals surface area contributed by atoms with Gasteiger partial charge in [0.1, 0.15) is 11.5 Å². The highest BCUT2D eigenvalue weighted by Gasteiger charge is 2.14. The molecule has 0 saturated heterocycles. The lowest BCUT2D eigenvalue weighted by atomic mass is 10.2. The highest BCUT2D eigenvalue weighted by Crippen LogP contribution is 2.29. The van der Waals surface area contributed by atoms with Crippen LogP contribution in [0.5, 0.6) is 11.5 Å². The Morgan fingerprint density at radius 1 is 1.15 bits per heavy atom. The van der Waals surface area contributed by atoms with Gasteiger partial charge in [-0.2, -0.15) is 0 Å². The Morgan fingerprint density at radius 3 is 2.70 bits per heavy atom. The van der Waals surface area contributed by atoms with Crippen LogP contribution in [-0.2, 0) is 11.2 Å². The molecule has 0 aliphatic rings. The van der Waals surface area contributed by atoms with Crippen molar-refractivity contribution in [1.29, 1.82) is 0 Å². The van der Waals surface area contributed by atoms with Gasteiger partial charge in [-0.1, -0.05) is 23.7 Å². The maximum Gasteiger partial charge on any atom is 0.249 e. The summed E-state index contributed by atoms with van der Waals surface area (Å²) in [5.41, 5.74) is 1.19. The fraction of sp³-hybridized carbons (Fsp3) is 0.211. The summed E-state index contributed by atoms with van der Waals surface area (Å²) in [6.45, 7) is 0. The minimum atomic E-state index is -0.209. The summed E-state index contributed by atoms with van der Waals surface area (Å²) >= 11 is 6.13. The first-order valence-corrected chi connectivity index (χ1v) is 8.57. The molecule has 3 rings (SSSR count). The molecule has 2 aromatic carbocycles. The minimum absolute atomic E-state index is 0.171. The molecule has 0 unspecified atom stereocenters. The van der Waals surface area contributed by atoms with E-state index in [-0.39, 0.29) is 12.3 Å². The lowest BCUT2D eigenvalue weighted by Crippen LogP contribution is -2.13. The Labute approximate surface area is 161 Å². The Hall–Kier alpha value is -3.06. The van der Waals surface area contributed by atoms with Crippen LogP contribution >= 0.6 is 11.6 Å². The second kappa shape index (κ2) is 8.55. The number of hydrogen-bond donors (Lipinski definition) is 1. The van der Waals surface area contributed by atoms with Crippen LogP contribution < -0.4 is 14.8 Å². The number of aryl methyl sites for hydroxylation is 1. The summed E-state index contributed by atoms with van der Waals surface area (Å²) in [4.78, 5) is 12.3. The number of benzene rings is 2. The van der Waals surface area contributed by atoms with Gasteiger partial charge >= 0.3 is 0 Å². The molecule has 0 spiro atoms. The number of nitrogens with one attached hydrogen (secondary N) is 1. The number of nitrogens with zero attached hydrogens (tertiary/aromatic N) is 2. The van der Waals surface area contributed by atoms with Gasteiger partial charge in [-0.15, -0.1) is 10.2 Å². The smallest absolute Gasteiger partial charge is 0.249 e. The molecule has 1 N–H and O–H groups in total. The number of carbonyl (C=O) groups is 1. The largest absolute Gasteiger partial charge is 0.497 e. The minimum Gasteiger partial charge on any atom is -0.497 e. The number of methoxy groups -OCH3 is 2. The van der Waals surface area contributed by atoms with E-state index in [1.807, 2.05) is 12.1 Å². The van der Waals surface area contributed by atoms with Crippen LogP contribution in [0.15, 0.2) is 46.9 Å². The van der Waals surface area contributed by atoms with Crippen molar-refractivity contribution in [2.75, 3.05) is 19.5 Å². The summed E-state index contributed by atoms with van der Waals surface area (Å²) in [7, 11) is 3.09. The Balaban J connectivity index is 1.63. The first-order valence-electron chi connectivity index (χ1n) is 8.20. The molecule has 0 saturated carbocycles. The van der Waals surface area contributed by atoms with E-state index in [1.165, 1.54) is 7.11 Å². The summed E-state index contributed by atoms with van der Waals surface area (Å²) in [6.07, 6.45) is 0.472. The molecule has 0 fully saturated rings. The van der Waals surface area contributed by atoms with Crippen LogP contribution in [0.4, 0.5) is 5.69 Å². The third-order valence-corrected chi connectivity index (χ3v) is 4.15. The number of ether oxygens (including phenoxy) is 2. The maximum atomic E-state index is 12.3. The molecule has 0 radical (unpaired) electrons. The topological polar surface area (TPSA) is 86.5 Å². The zero-order chi connectivity index (χ0) is 19.2. The van der Waals surface area contributed by atoms with Crippen LogP contribution in [-0.4, -0.2) is 30.3 Å². The normalized spacial score (nSPS) is 10.5. The van der Waals surface area contributed by atoms with Gasteiger partial charge in [-0.3, -0.25) is 4.79 Å². The van der Waals surface area contributed by atoms with E-state index in [2.05, 4.69) is 15.5 Å². The van der Waals surface area contributed by atoms with Gasteiger partial charge in [0, 0.05) is 18.9 Å². The molecule has 0 atom stereocenters. The van der Waals surface area contributed by atoms with Crippen molar-refractivity contribution in [2.45, 2.75) is 12.8 Å². The summed E-state index contributed by atoms with van der Waals surface area (Å²) in [5, 5.41) is 11.3. The number of anilines is 1. The molecule has 8 heteroatoms. The zero-order valence-electron chi connectivity index (χ0n) is 14.9. The van der Waals surface area contributed by atoms with Crippen LogP contribution in [0.25, 0.3) is 11.5 Å². The van der Waals surface area contributed by atoms with Crippen LogP contribution in [0, 0.1) is 0 Å². The quantitative estimate of drug-likeness (QED) is 0.659. The molecule has 0 bridgehead atoms. The highest BCUT2D eigenvalue weighted by atomic mass is 35.5. The predicted molar refractivity (Wildman–Crippen MR) is 101 cm³/mol. The van der Waals surface area contributed by atoms with E-state index >= 15 is 0 Å². The van der Waals surface area contributed by atoms with E-state index in [4.69, 9.17) is 25.5 Å². The van der Waals surface area contributed by atoms with Crippen molar-refractivity contribution in [2.24, 2.45) is 0 Å². The van der Waals surface area contributed by atoms with Crippen LogP contribution in [0.3, 0.4) is 0 Å². The van der Waals surface area contributed by atoms with Gasteiger partial charge in [0.15, 0.2) is 0 Å². The number of halogens is 1. The van der Waals surface area contributed by atoms with Gasteiger partial charge < -0.3 is 19.2 Å². The van der Waals surface area contributed by atoms with Crippen molar-refractivity contribution in [3.63, 3.8) is 0 Å². The summed E-state index contributed by atoms with van der Waals surface area (Å²) < 4.78 is 16.0. The summed E-state index contributed by atoms with van der Waals surface area (Å²) in [5.74, 6) is 1.64. The van der Waals surface area contributed by atoms with Gasteiger partial charge in [-0.05, 0) is 24.3 Å². The van der Waals surface area contributed by atoms with E-state index in [0.717, 1.165) is 0 Å². The van der Waals surface area contributed by atoms with Crippen molar-refractivity contribution in [1.82, 2.24) is 10.2 Å². The van der Waals surface area contributed by atoms with E-state index in [0.29, 0.717) is 46.0 Å². The first kappa shape index (κ1) is 18.7. The zero-order valence-corrected chi connectivity index (χ0v) is 15.6. The van der Waals surface area contributed by atoms with Gasteiger partial charge in [0.05, 0.1) is 30.5 Å². The average molecular weight is 388 g/mol. The lowest BCUT2D eigenvalue weighted by Gasteiger charge is -2.11. The standard InChI is InChI=1S/C19H18ClN3O4/c1-25-12-7-8-16(26-2)15(11-12)21-17(24)9-10-18-22-23-19(27-18)13-5-3-4-6-14(13)20/h3-8,11H,9-10H2,1-2H3,(H,21,24). The number of carbonyl (C=O) groups excluding carboxylic acids is 1. The monoisotopic (exact) mass is 387 g/mol. The van der Waals surface area contributed by atoms with Crippen LogP contribution in [0.1, 0.15) is 12.3 Å². The Morgan fingerprint density at radius 2 is 1.96 bits per heavy atom. The second-order valence-corrected chi connectivity index (χ2v) is 6.00. The molecule has 3 aromatic rings. The van der Waals surface area contributed by atoms with E-state index in [9.17, 15) is 4.79 Å². The fourth-order valence-electron chi connectivity index (χ4n) is 2.44. The SMILES string of the molecule is COc1ccc(OC)c(NC(=O)CCc2nnc(-c3ccccc3Cl)o2)c1. The van der Waals surface area contributed by atoms with Crippen molar-refractivity contribution in [3.05, 3.63) is 53.4 Å². The van der Waals surface area contributed by atoms with E-state index < -0.39 is 0 Å². The Bertz CT molecular complexity index is 942. The number of amides is 1. The fourth-order valence-corrected chi connectivity index (χ4v) is 2.66. The molecule has 0 aliphatic carbocycles. The molecule has 27 heavy (non-hydrogen) atoms. The number of rotatable bonds is 7. The van der Waals surface area contributed by atoms with E-state index in [1.54, 1.807) is 37.4 Å².